The van der Waals surface area contributed by atoms with E-state index in [1.807, 2.05) is 21.1 Å². The third kappa shape index (κ3) is 53.1. The Labute approximate surface area is 419 Å². The number of carbonyl (C=O) groups is 2. The van der Waals surface area contributed by atoms with E-state index in [0.717, 1.165) is 83.5 Å². The zero-order valence-corrected chi connectivity index (χ0v) is 45.7. The third-order valence-corrected chi connectivity index (χ3v) is 13.0. The van der Waals surface area contributed by atoms with Gasteiger partial charge in [-0.25, -0.2) is 4.57 Å². The molecule has 0 heterocycles. The van der Waals surface area contributed by atoms with Crippen molar-refractivity contribution >= 4 is 19.8 Å². The van der Waals surface area contributed by atoms with E-state index >= 15 is 0 Å². The summed E-state index contributed by atoms with van der Waals surface area (Å²) in [6, 6.07) is 0. The lowest BCUT2D eigenvalue weighted by atomic mass is 10.0. The Morgan fingerprint density at radius 2 is 0.838 bits per heavy atom. The van der Waals surface area contributed by atoms with E-state index in [-0.39, 0.29) is 32.0 Å². The summed E-state index contributed by atoms with van der Waals surface area (Å²) < 4.78 is 34.5. The molecule has 68 heavy (non-hydrogen) atoms. The van der Waals surface area contributed by atoms with E-state index in [9.17, 15) is 19.0 Å². The zero-order chi connectivity index (χ0) is 49.9. The smallest absolute Gasteiger partial charge is 0.462 e. The highest BCUT2D eigenvalue weighted by atomic mass is 31.2. The number of ether oxygens (including phenoxy) is 2. The lowest BCUT2D eigenvalue weighted by molar-refractivity contribution is -0.870. The number of phosphoric acid groups is 1. The van der Waals surface area contributed by atoms with E-state index < -0.39 is 26.5 Å². The SMILES string of the molecule is CC/C=C\C/C=C\C/C=C\C/C=C\CCCCCCCCC(=O)OC(COC(=O)CCCCCCCCCCCCCCC/C=C\CCCCCCCCCC)COP(=O)(O)OCC[N+](C)(C)C. The van der Waals surface area contributed by atoms with Gasteiger partial charge in [0, 0.05) is 12.8 Å². The van der Waals surface area contributed by atoms with Crippen LogP contribution in [0.2, 0.25) is 0 Å². The molecule has 0 bridgehead atoms. The monoisotopic (exact) mass is 977 g/mol. The number of quaternary nitrogens is 1. The second kappa shape index (κ2) is 49.7. The van der Waals surface area contributed by atoms with Crippen molar-refractivity contribution < 1.29 is 42.1 Å². The number of esters is 2. The summed E-state index contributed by atoms with van der Waals surface area (Å²) >= 11 is 0. The Bertz CT molecular complexity index is 1340. The first-order valence-corrected chi connectivity index (χ1v) is 29.5. The number of hydrogen-bond donors (Lipinski definition) is 1. The number of rotatable bonds is 51. The molecule has 0 radical (unpaired) electrons. The number of phosphoric ester groups is 1. The van der Waals surface area contributed by atoms with Crippen LogP contribution >= 0.6 is 7.82 Å². The molecule has 0 fully saturated rings. The van der Waals surface area contributed by atoms with E-state index in [2.05, 4.69) is 74.6 Å². The quantitative estimate of drug-likeness (QED) is 0.0211. The van der Waals surface area contributed by atoms with Crippen molar-refractivity contribution in [3.63, 3.8) is 0 Å². The molecule has 0 saturated carbocycles. The molecule has 0 aliphatic heterocycles. The molecular weight excluding hydrogens is 870 g/mol. The standard InChI is InChI=1S/C58H106NO8P/c1-6-8-10-12-14-16-18-20-22-24-26-27-28-29-30-31-33-34-36-38-40-42-44-46-48-50-57(60)64-54-56(55-66-68(62,63)65-53-52-59(3,4)5)67-58(61)51-49-47-45-43-41-39-37-35-32-25-23-21-19-17-15-13-11-9-7-2/h9,11,15,17,21,23-24,26,32,35,56H,6-8,10,12-14,16,18-20,22,25,27-31,33-34,36-55H2,1-5H3/p+1/b11-9-,17-15-,23-21-,26-24-,35-32-. The lowest BCUT2D eigenvalue weighted by Gasteiger charge is -2.24. The molecule has 2 atom stereocenters. The average molecular weight is 977 g/mol. The summed E-state index contributed by atoms with van der Waals surface area (Å²) in [7, 11) is 1.47. The molecule has 0 amide bonds. The predicted molar refractivity (Wildman–Crippen MR) is 289 cm³/mol. The highest BCUT2D eigenvalue weighted by Gasteiger charge is 2.27. The first-order valence-electron chi connectivity index (χ1n) is 28.0. The Kier molecular flexibility index (Phi) is 48.0. The highest BCUT2D eigenvalue weighted by Crippen LogP contribution is 2.43. The van der Waals surface area contributed by atoms with Crippen molar-refractivity contribution in [2.45, 2.75) is 251 Å². The van der Waals surface area contributed by atoms with Crippen molar-refractivity contribution in [3.8, 4) is 0 Å². The van der Waals surface area contributed by atoms with Gasteiger partial charge in [0.15, 0.2) is 6.10 Å². The highest BCUT2D eigenvalue weighted by molar-refractivity contribution is 7.47. The van der Waals surface area contributed by atoms with Gasteiger partial charge in [0.1, 0.15) is 19.8 Å². The van der Waals surface area contributed by atoms with Gasteiger partial charge in [-0.05, 0) is 77.0 Å². The van der Waals surface area contributed by atoms with Crippen LogP contribution in [-0.2, 0) is 32.7 Å². The van der Waals surface area contributed by atoms with Crippen molar-refractivity contribution in [1.82, 2.24) is 0 Å². The molecule has 396 valence electrons. The van der Waals surface area contributed by atoms with Crippen LogP contribution in [0.1, 0.15) is 245 Å². The molecule has 0 aliphatic carbocycles. The third-order valence-electron chi connectivity index (χ3n) is 12.0. The Hall–Kier alpha value is -2.29. The van der Waals surface area contributed by atoms with Crippen molar-refractivity contribution in [1.29, 1.82) is 0 Å². The van der Waals surface area contributed by atoms with Gasteiger partial charge < -0.3 is 18.9 Å². The van der Waals surface area contributed by atoms with E-state index in [1.54, 1.807) is 0 Å². The van der Waals surface area contributed by atoms with Crippen LogP contribution < -0.4 is 0 Å². The second-order valence-corrected chi connectivity index (χ2v) is 21.4. The van der Waals surface area contributed by atoms with Gasteiger partial charge >= 0.3 is 19.8 Å². The maximum Gasteiger partial charge on any atom is 0.472 e. The molecule has 2 unspecified atom stereocenters. The van der Waals surface area contributed by atoms with Crippen LogP contribution in [-0.4, -0.2) is 74.9 Å². The van der Waals surface area contributed by atoms with Gasteiger partial charge in [0.25, 0.3) is 0 Å². The van der Waals surface area contributed by atoms with Crippen LogP contribution in [0.3, 0.4) is 0 Å². The van der Waals surface area contributed by atoms with Gasteiger partial charge in [0.05, 0.1) is 27.7 Å². The topological polar surface area (TPSA) is 108 Å². The predicted octanol–water partition coefficient (Wildman–Crippen LogP) is 17.1. The summed E-state index contributed by atoms with van der Waals surface area (Å²) in [5.41, 5.74) is 0. The Balaban J connectivity index is 4.18. The van der Waals surface area contributed by atoms with Crippen LogP contribution in [0.4, 0.5) is 0 Å². The summed E-state index contributed by atoms with van der Waals surface area (Å²) in [6.45, 7) is 4.32. The van der Waals surface area contributed by atoms with Crippen LogP contribution in [0.5, 0.6) is 0 Å². The summed E-state index contributed by atoms with van der Waals surface area (Å²) in [4.78, 5) is 35.6. The number of likely N-dealkylation sites (N-methyl/N-ethyl adjacent to an activating group) is 1. The molecule has 9 nitrogen and oxygen atoms in total. The van der Waals surface area contributed by atoms with Gasteiger partial charge in [-0.3, -0.25) is 18.6 Å². The summed E-state index contributed by atoms with van der Waals surface area (Å²) in [5, 5.41) is 0. The van der Waals surface area contributed by atoms with E-state index in [1.165, 1.54) is 128 Å². The molecule has 0 saturated heterocycles. The van der Waals surface area contributed by atoms with Crippen LogP contribution in [0.25, 0.3) is 0 Å². The Morgan fingerprint density at radius 3 is 1.26 bits per heavy atom. The molecular formula is C58H107NO8P+. The first kappa shape index (κ1) is 65.7. The maximum absolute atomic E-state index is 12.8. The molecule has 10 heteroatoms. The first-order chi connectivity index (χ1) is 33.0. The second-order valence-electron chi connectivity index (χ2n) is 19.9. The zero-order valence-electron chi connectivity index (χ0n) is 44.8. The van der Waals surface area contributed by atoms with Gasteiger partial charge in [-0.1, -0.05) is 216 Å². The average Bonchev–Trinajstić information content (AvgIpc) is 3.30. The number of nitrogens with zero attached hydrogens (tertiary/aromatic N) is 1. The molecule has 0 aromatic carbocycles. The molecule has 0 aliphatic rings. The van der Waals surface area contributed by atoms with Gasteiger partial charge in [-0.2, -0.15) is 0 Å². The van der Waals surface area contributed by atoms with E-state index in [0.29, 0.717) is 17.4 Å². The minimum atomic E-state index is -4.39. The van der Waals surface area contributed by atoms with Gasteiger partial charge in [0.2, 0.25) is 0 Å². The van der Waals surface area contributed by atoms with Crippen LogP contribution in [0.15, 0.2) is 60.8 Å². The van der Waals surface area contributed by atoms with Crippen LogP contribution in [0, 0.1) is 0 Å². The van der Waals surface area contributed by atoms with Gasteiger partial charge in [-0.15, -0.1) is 0 Å². The minimum absolute atomic E-state index is 0.0270. The summed E-state index contributed by atoms with van der Waals surface area (Å²) in [5.74, 6) is -0.809. The normalized spacial score (nSPS) is 13.8. The van der Waals surface area contributed by atoms with E-state index in [4.69, 9.17) is 18.5 Å². The molecule has 0 spiro atoms. The van der Waals surface area contributed by atoms with Crippen molar-refractivity contribution in [3.05, 3.63) is 60.8 Å². The molecule has 0 rings (SSSR count). The maximum atomic E-state index is 12.8. The Morgan fingerprint density at radius 1 is 0.471 bits per heavy atom. The fourth-order valence-electron chi connectivity index (χ4n) is 7.71. The number of allylic oxidation sites excluding steroid dienone is 10. The fraction of sp³-hybridized carbons (Fsp3) is 0.793. The number of carbonyl (C=O) groups excluding carboxylic acids is 2. The molecule has 0 aromatic rings. The minimum Gasteiger partial charge on any atom is -0.462 e. The van der Waals surface area contributed by atoms with Crippen molar-refractivity contribution in [2.24, 2.45) is 0 Å². The number of hydrogen-bond acceptors (Lipinski definition) is 7. The number of unbranched alkanes of at least 4 members (excludes halogenated alkanes) is 27. The molecule has 1 N–H and O–H groups in total. The molecule has 0 aromatic heterocycles. The van der Waals surface area contributed by atoms with Crippen molar-refractivity contribution in [2.75, 3.05) is 47.5 Å². The lowest BCUT2D eigenvalue weighted by Crippen LogP contribution is -2.37. The fourth-order valence-corrected chi connectivity index (χ4v) is 8.45. The summed E-state index contributed by atoms with van der Waals surface area (Å²) in [6.07, 6.45) is 62.8. The largest absolute Gasteiger partial charge is 0.472 e.